The fourth-order valence-electron chi connectivity index (χ4n) is 1.83. The first-order valence-electron chi connectivity index (χ1n) is 6.44. The van der Waals surface area contributed by atoms with Crippen molar-refractivity contribution in [3.63, 3.8) is 0 Å². The van der Waals surface area contributed by atoms with Gasteiger partial charge in [0.25, 0.3) is 0 Å². The van der Waals surface area contributed by atoms with Gasteiger partial charge in [-0.25, -0.2) is 4.39 Å². The molecule has 2 rings (SSSR count). The van der Waals surface area contributed by atoms with Crippen molar-refractivity contribution in [1.82, 2.24) is 4.98 Å². The van der Waals surface area contributed by atoms with E-state index in [1.54, 1.807) is 38.4 Å². The highest BCUT2D eigenvalue weighted by atomic mass is 32.2. The minimum absolute atomic E-state index is 0.335. The molecule has 5 heteroatoms. The summed E-state index contributed by atoms with van der Waals surface area (Å²) in [6.45, 7) is 5.06. The number of carbonyl (C=O) groups is 1. The highest BCUT2D eigenvalue weighted by Gasteiger charge is 2.29. The number of hydrogen-bond acceptors (Lipinski definition) is 3. The lowest BCUT2D eigenvalue weighted by atomic mass is 10.1. The van der Waals surface area contributed by atoms with E-state index in [1.807, 2.05) is 13.0 Å². The smallest absolute Gasteiger partial charge is 0.319 e. The molecule has 0 bridgehead atoms. The van der Waals surface area contributed by atoms with Crippen LogP contribution < -0.4 is 0 Å². The van der Waals surface area contributed by atoms with E-state index in [1.165, 1.54) is 17.8 Å². The Bertz CT molecular complexity index is 686. The molecule has 0 spiro atoms. The first kappa shape index (κ1) is 15.5. The molecule has 0 aliphatic carbocycles. The number of benzene rings is 1. The summed E-state index contributed by atoms with van der Waals surface area (Å²) in [6.07, 6.45) is 3.14. The summed E-state index contributed by atoms with van der Waals surface area (Å²) < 4.78 is 13.2. The molecule has 0 aliphatic heterocycles. The third kappa shape index (κ3) is 3.42. The topological polar surface area (TPSA) is 50.2 Å². The monoisotopic (exact) mass is 305 g/mol. The number of thioether (sulfide) groups is 1. The number of pyridine rings is 1. The fourth-order valence-corrected chi connectivity index (χ4v) is 2.87. The number of rotatable bonds is 4. The SMILES string of the molecule is Cc1ccc(-c2cnccc2SC(C)(C)C(=O)O)c(F)c1. The van der Waals surface area contributed by atoms with Crippen molar-refractivity contribution in [3.05, 3.63) is 48.0 Å². The summed E-state index contributed by atoms with van der Waals surface area (Å²) in [4.78, 5) is 16.0. The van der Waals surface area contributed by atoms with Crippen molar-refractivity contribution >= 4 is 17.7 Å². The first-order chi connectivity index (χ1) is 9.81. The third-order valence-electron chi connectivity index (χ3n) is 3.08. The molecule has 0 fully saturated rings. The summed E-state index contributed by atoms with van der Waals surface area (Å²) in [5.41, 5.74) is 1.87. The van der Waals surface area contributed by atoms with Gasteiger partial charge in [-0.1, -0.05) is 12.1 Å². The lowest BCUT2D eigenvalue weighted by Crippen LogP contribution is -2.27. The molecule has 0 radical (unpaired) electrons. The van der Waals surface area contributed by atoms with Crippen LogP contribution in [-0.4, -0.2) is 20.8 Å². The Labute approximate surface area is 127 Å². The summed E-state index contributed by atoms with van der Waals surface area (Å²) in [5.74, 6) is -1.25. The van der Waals surface area contributed by atoms with Gasteiger partial charge >= 0.3 is 5.97 Å². The fraction of sp³-hybridized carbons (Fsp3) is 0.250. The minimum Gasteiger partial charge on any atom is -0.480 e. The highest BCUT2D eigenvalue weighted by Crippen LogP contribution is 2.39. The number of carboxylic acids is 1. The van der Waals surface area contributed by atoms with Gasteiger partial charge in [0.1, 0.15) is 10.6 Å². The number of aromatic nitrogens is 1. The molecule has 0 saturated carbocycles. The summed E-state index contributed by atoms with van der Waals surface area (Å²) >= 11 is 1.18. The highest BCUT2D eigenvalue weighted by molar-refractivity contribution is 8.01. The van der Waals surface area contributed by atoms with Crippen LogP contribution in [-0.2, 0) is 4.79 Å². The number of nitrogens with zero attached hydrogens (tertiary/aromatic N) is 1. The number of hydrogen-bond donors (Lipinski definition) is 1. The minimum atomic E-state index is -1.00. The van der Waals surface area contributed by atoms with Gasteiger partial charge in [-0.2, -0.15) is 0 Å². The summed E-state index contributed by atoms with van der Waals surface area (Å²) in [7, 11) is 0. The largest absolute Gasteiger partial charge is 0.480 e. The van der Waals surface area contributed by atoms with Crippen LogP contribution >= 0.6 is 11.8 Å². The van der Waals surface area contributed by atoms with Crippen molar-refractivity contribution in [3.8, 4) is 11.1 Å². The molecule has 0 amide bonds. The molecule has 0 saturated heterocycles. The third-order valence-corrected chi connectivity index (χ3v) is 4.34. The zero-order chi connectivity index (χ0) is 15.6. The van der Waals surface area contributed by atoms with Gasteiger partial charge in [-0.3, -0.25) is 9.78 Å². The Morgan fingerprint density at radius 2 is 2.00 bits per heavy atom. The molecule has 21 heavy (non-hydrogen) atoms. The van der Waals surface area contributed by atoms with Crippen LogP contribution in [0, 0.1) is 12.7 Å². The van der Waals surface area contributed by atoms with Crippen LogP contribution in [0.3, 0.4) is 0 Å². The molecule has 3 nitrogen and oxygen atoms in total. The molecule has 1 aromatic heterocycles. The Kier molecular flexibility index (Phi) is 4.32. The van der Waals surface area contributed by atoms with E-state index >= 15 is 0 Å². The van der Waals surface area contributed by atoms with Gasteiger partial charge in [0.15, 0.2) is 0 Å². The van der Waals surface area contributed by atoms with Crippen LogP contribution in [0.25, 0.3) is 11.1 Å². The van der Waals surface area contributed by atoms with Crippen LogP contribution in [0.2, 0.25) is 0 Å². The molecule has 1 N–H and O–H groups in total. The van der Waals surface area contributed by atoms with Gasteiger partial charge in [-0.15, -0.1) is 11.8 Å². The lowest BCUT2D eigenvalue weighted by molar-refractivity contribution is -0.138. The van der Waals surface area contributed by atoms with Gasteiger partial charge < -0.3 is 5.11 Å². The maximum atomic E-state index is 14.2. The summed E-state index contributed by atoms with van der Waals surface area (Å²) in [6, 6.07) is 6.69. The van der Waals surface area contributed by atoms with E-state index in [-0.39, 0.29) is 5.82 Å². The first-order valence-corrected chi connectivity index (χ1v) is 7.26. The van der Waals surface area contributed by atoms with Gasteiger partial charge in [-0.05, 0) is 38.5 Å². The predicted octanol–water partition coefficient (Wildman–Crippen LogP) is 4.15. The molecule has 1 heterocycles. The predicted molar refractivity (Wildman–Crippen MR) is 81.9 cm³/mol. The standard InChI is InChI=1S/C16H16FNO2S/c1-10-4-5-11(13(17)8-10)12-9-18-7-6-14(12)21-16(2,3)15(19)20/h4-9H,1-3H3,(H,19,20). The molecular weight excluding hydrogens is 289 g/mol. The van der Waals surface area contributed by atoms with Crippen LogP contribution in [0.4, 0.5) is 4.39 Å². The maximum Gasteiger partial charge on any atom is 0.319 e. The van der Waals surface area contributed by atoms with E-state index in [2.05, 4.69) is 4.98 Å². The Hall–Kier alpha value is -1.88. The molecule has 110 valence electrons. The van der Waals surface area contributed by atoms with Crippen molar-refractivity contribution in [1.29, 1.82) is 0 Å². The van der Waals surface area contributed by atoms with Gasteiger partial charge in [0, 0.05) is 28.4 Å². The van der Waals surface area contributed by atoms with Gasteiger partial charge in [0.2, 0.25) is 0 Å². The average Bonchev–Trinajstić information content (AvgIpc) is 2.39. The van der Waals surface area contributed by atoms with E-state index in [4.69, 9.17) is 0 Å². The van der Waals surface area contributed by atoms with E-state index in [0.29, 0.717) is 16.0 Å². The molecule has 0 unspecified atom stereocenters. The second-order valence-electron chi connectivity index (χ2n) is 5.27. The van der Waals surface area contributed by atoms with Crippen LogP contribution in [0.1, 0.15) is 19.4 Å². The Balaban J connectivity index is 2.49. The van der Waals surface area contributed by atoms with Crippen LogP contribution in [0.5, 0.6) is 0 Å². The molecular formula is C16H16FNO2S. The summed E-state index contributed by atoms with van der Waals surface area (Å²) in [5, 5.41) is 9.24. The normalized spacial score (nSPS) is 11.4. The van der Waals surface area contributed by atoms with Gasteiger partial charge in [0.05, 0.1) is 0 Å². The number of aryl methyl sites for hydroxylation is 1. The van der Waals surface area contributed by atoms with E-state index in [9.17, 15) is 14.3 Å². The van der Waals surface area contributed by atoms with E-state index in [0.717, 1.165) is 5.56 Å². The second-order valence-corrected chi connectivity index (χ2v) is 6.94. The zero-order valence-corrected chi connectivity index (χ0v) is 12.9. The number of carboxylic acid groups (broad SMARTS) is 1. The molecule has 0 atom stereocenters. The molecule has 0 aliphatic rings. The second kappa shape index (κ2) is 5.85. The van der Waals surface area contributed by atoms with Crippen molar-refractivity contribution in [2.45, 2.75) is 30.4 Å². The quantitative estimate of drug-likeness (QED) is 0.862. The lowest BCUT2D eigenvalue weighted by Gasteiger charge is -2.20. The van der Waals surface area contributed by atoms with E-state index < -0.39 is 10.7 Å². The van der Waals surface area contributed by atoms with Crippen molar-refractivity contribution in [2.24, 2.45) is 0 Å². The number of halogens is 1. The van der Waals surface area contributed by atoms with Crippen molar-refractivity contribution < 1.29 is 14.3 Å². The number of aliphatic carboxylic acids is 1. The van der Waals surface area contributed by atoms with Crippen LogP contribution in [0.15, 0.2) is 41.6 Å². The Morgan fingerprint density at radius 1 is 1.29 bits per heavy atom. The molecule has 2 aromatic rings. The maximum absolute atomic E-state index is 14.2. The van der Waals surface area contributed by atoms with Crippen molar-refractivity contribution in [2.75, 3.05) is 0 Å². The molecule has 1 aromatic carbocycles. The zero-order valence-electron chi connectivity index (χ0n) is 12.1. The average molecular weight is 305 g/mol. The Morgan fingerprint density at radius 3 is 2.62 bits per heavy atom.